The van der Waals surface area contributed by atoms with Crippen LogP contribution in [0, 0.1) is 0 Å². The molecule has 0 amide bonds. The minimum Gasteiger partial charge on any atom is -1.00 e. The van der Waals surface area contributed by atoms with Crippen molar-refractivity contribution < 1.29 is 57.9 Å². The number of hydrogen-bond donors (Lipinski definition) is 1. The summed E-state index contributed by atoms with van der Waals surface area (Å²) in [6, 6.07) is 2.05. The summed E-state index contributed by atoms with van der Waals surface area (Å²) in [5.74, 6) is -1.09. The van der Waals surface area contributed by atoms with Crippen LogP contribution in [-0.4, -0.2) is 26.0 Å². The molecule has 0 aromatic carbocycles. The molecule has 0 spiro atoms. The number of esters is 1. The average molecular weight is 230 g/mol. The van der Waals surface area contributed by atoms with Crippen molar-refractivity contribution >= 4 is 16.1 Å². The fourth-order valence-electron chi connectivity index (χ4n) is 0.669. The van der Waals surface area contributed by atoms with Crippen LogP contribution in [0.2, 0.25) is 0 Å². The maximum absolute atomic E-state index is 10.8. The van der Waals surface area contributed by atoms with E-state index in [0.29, 0.717) is 0 Å². The standard InChI is InChI=1S/C6H6O6S.Na.H/c1-11-6(7)4-2-3-5(12-4)13(8,9)10;;/h2-3H,1H3,(H,8,9,10);;/q;+1;-1. The van der Waals surface area contributed by atoms with Crippen molar-refractivity contribution in [1.29, 1.82) is 0 Å². The van der Waals surface area contributed by atoms with E-state index in [2.05, 4.69) is 9.15 Å². The predicted octanol–water partition coefficient (Wildman–Crippen LogP) is -2.57. The Labute approximate surface area is 104 Å². The molecular weight excluding hydrogens is 223 g/mol. The Balaban J connectivity index is 0. The molecule has 0 aliphatic rings. The summed E-state index contributed by atoms with van der Waals surface area (Å²) >= 11 is 0. The largest absolute Gasteiger partial charge is 1.00 e. The SMILES string of the molecule is COC(=O)c1ccc(S(=O)(=O)O)o1.[H-].[Na+]. The smallest absolute Gasteiger partial charge is 1.00 e. The van der Waals surface area contributed by atoms with Gasteiger partial charge in [-0.05, 0) is 12.1 Å². The number of ether oxygens (including phenoxy) is 1. The molecule has 0 bridgehead atoms. The van der Waals surface area contributed by atoms with Crippen molar-refractivity contribution in [3.63, 3.8) is 0 Å². The molecule has 1 aromatic rings. The number of methoxy groups -OCH3 is 1. The fraction of sp³-hybridized carbons (Fsp3) is 0.167. The Bertz CT molecular complexity index is 425. The van der Waals surface area contributed by atoms with Gasteiger partial charge in [-0.25, -0.2) is 4.79 Å². The summed E-state index contributed by atoms with van der Waals surface area (Å²) in [6.07, 6.45) is 0. The van der Waals surface area contributed by atoms with Gasteiger partial charge in [-0.1, -0.05) is 0 Å². The van der Waals surface area contributed by atoms with Crippen LogP contribution >= 0.6 is 0 Å². The molecule has 6 nitrogen and oxygen atoms in total. The monoisotopic (exact) mass is 230 g/mol. The van der Waals surface area contributed by atoms with Gasteiger partial charge in [-0.2, -0.15) is 8.42 Å². The molecule has 0 aliphatic heterocycles. The van der Waals surface area contributed by atoms with E-state index in [-0.39, 0.29) is 36.7 Å². The van der Waals surface area contributed by atoms with Crippen LogP contribution in [0.3, 0.4) is 0 Å². The fourth-order valence-corrected chi connectivity index (χ4v) is 1.10. The maximum atomic E-state index is 10.8. The first-order valence-electron chi connectivity index (χ1n) is 3.11. The second-order valence-electron chi connectivity index (χ2n) is 2.09. The summed E-state index contributed by atoms with van der Waals surface area (Å²) < 4.78 is 38.2. The van der Waals surface area contributed by atoms with Gasteiger partial charge in [0.25, 0.3) is 0 Å². The van der Waals surface area contributed by atoms with Crippen molar-refractivity contribution in [1.82, 2.24) is 0 Å². The molecule has 0 aliphatic carbocycles. The summed E-state index contributed by atoms with van der Waals surface area (Å²) in [7, 11) is -3.28. The summed E-state index contributed by atoms with van der Waals surface area (Å²) in [6.45, 7) is 0. The first-order chi connectivity index (χ1) is 5.95. The van der Waals surface area contributed by atoms with Crippen LogP contribution in [-0.2, 0) is 14.9 Å². The minimum atomic E-state index is -4.40. The second-order valence-corrected chi connectivity index (χ2v) is 3.44. The molecule has 0 fully saturated rings. The Morgan fingerprint density at radius 3 is 2.50 bits per heavy atom. The molecule has 8 heteroatoms. The first kappa shape index (κ1) is 13.7. The van der Waals surface area contributed by atoms with E-state index in [9.17, 15) is 13.2 Å². The van der Waals surface area contributed by atoms with Crippen LogP contribution in [0.5, 0.6) is 0 Å². The average Bonchev–Trinajstić information content (AvgIpc) is 2.50. The number of hydrogen-bond acceptors (Lipinski definition) is 5. The summed E-state index contributed by atoms with van der Waals surface area (Å²) in [4.78, 5) is 10.8. The van der Waals surface area contributed by atoms with Crippen LogP contribution in [0.4, 0.5) is 0 Å². The zero-order valence-electron chi connectivity index (χ0n) is 8.55. The van der Waals surface area contributed by atoms with Gasteiger partial charge in [0.15, 0.2) is 0 Å². The third kappa shape index (κ3) is 3.10. The van der Waals surface area contributed by atoms with E-state index in [0.717, 1.165) is 19.2 Å². The van der Waals surface area contributed by atoms with Gasteiger partial charge in [-0.3, -0.25) is 4.55 Å². The van der Waals surface area contributed by atoms with Crippen molar-refractivity contribution in [3.8, 4) is 0 Å². The number of furan rings is 1. The first-order valence-corrected chi connectivity index (χ1v) is 4.55. The zero-order chi connectivity index (χ0) is 10.1. The number of carbonyl (C=O) groups is 1. The maximum Gasteiger partial charge on any atom is 1.00 e. The normalized spacial score (nSPS) is 10.4. The Hall–Kier alpha value is -0.340. The van der Waals surface area contributed by atoms with Gasteiger partial charge in [-0.15, -0.1) is 0 Å². The zero-order valence-corrected chi connectivity index (χ0v) is 10.4. The molecule has 0 saturated heterocycles. The topological polar surface area (TPSA) is 93.8 Å². The second kappa shape index (κ2) is 4.94. The van der Waals surface area contributed by atoms with Crippen LogP contribution < -0.4 is 29.6 Å². The van der Waals surface area contributed by atoms with Crippen LogP contribution in [0.25, 0.3) is 0 Å². The Morgan fingerprint density at radius 1 is 1.57 bits per heavy atom. The van der Waals surface area contributed by atoms with Crippen molar-refractivity contribution in [2.75, 3.05) is 7.11 Å². The molecule has 0 saturated carbocycles. The van der Waals surface area contributed by atoms with Gasteiger partial charge < -0.3 is 10.6 Å². The molecule has 1 rings (SSSR count). The molecular formula is C6H7NaO6S. The van der Waals surface area contributed by atoms with Crippen molar-refractivity contribution in [2.24, 2.45) is 0 Å². The predicted molar refractivity (Wildman–Crippen MR) is 41.0 cm³/mol. The van der Waals surface area contributed by atoms with Gasteiger partial charge >= 0.3 is 45.6 Å². The third-order valence-corrected chi connectivity index (χ3v) is 1.95. The van der Waals surface area contributed by atoms with Crippen LogP contribution in [0.1, 0.15) is 12.0 Å². The Kier molecular flexibility index (Phi) is 4.82. The van der Waals surface area contributed by atoms with E-state index in [1.54, 1.807) is 0 Å². The van der Waals surface area contributed by atoms with E-state index in [4.69, 9.17) is 4.55 Å². The van der Waals surface area contributed by atoms with Crippen molar-refractivity contribution in [3.05, 3.63) is 17.9 Å². The van der Waals surface area contributed by atoms with E-state index in [1.165, 1.54) is 0 Å². The molecule has 1 N–H and O–H groups in total. The quantitative estimate of drug-likeness (QED) is 0.341. The Morgan fingerprint density at radius 2 is 2.14 bits per heavy atom. The van der Waals surface area contributed by atoms with Gasteiger partial charge in [0.05, 0.1) is 7.11 Å². The summed E-state index contributed by atoms with van der Waals surface area (Å²) in [5, 5.41) is -0.687. The number of carbonyl (C=O) groups excluding carboxylic acids is 1. The molecule has 1 aromatic heterocycles. The minimum absolute atomic E-state index is 0. The molecule has 14 heavy (non-hydrogen) atoms. The van der Waals surface area contributed by atoms with Crippen molar-refractivity contribution in [2.45, 2.75) is 5.09 Å². The molecule has 0 radical (unpaired) electrons. The van der Waals surface area contributed by atoms with E-state index in [1.807, 2.05) is 0 Å². The molecule has 0 unspecified atom stereocenters. The van der Waals surface area contributed by atoms with Gasteiger partial charge in [0, 0.05) is 0 Å². The van der Waals surface area contributed by atoms with E-state index < -0.39 is 21.2 Å². The molecule has 1 heterocycles. The summed E-state index contributed by atoms with van der Waals surface area (Å²) in [5.41, 5.74) is 0. The number of rotatable bonds is 2. The molecule has 0 atom stereocenters. The van der Waals surface area contributed by atoms with E-state index >= 15 is 0 Å². The van der Waals surface area contributed by atoms with Gasteiger partial charge in [0.2, 0.25) is 10.9 Å². The third-order valence-electron chi connectivity index (χ3n) is 1.22. The van der Waals surface area contributed by atoms with Crippen LogP contribution in [0.15, 0.2) is 21.6 Å². The molecule has 74 valence electrons. The van der Waals surface area contributed by atoms with Gasteiger partial charge in [0.1, 0.15) is 0 Å².